The summed E-state index contributed by atoms with van der Waals surface area (Å²) in [5.41, 5.74) is 2.96. The molecule has 2 rings (SSSR count). The van der Waals surface area contributed by atoms with Crippen LogP contribution in [0, 0.1) is 13.8 Å². The SMILES string of the molecule is CCCN(CC(=O)Nc1ccon1)C(=O)Nc1ccc(C)c(C)c1. The average molecular weight is 330 g/mol. The van der Waals surface area contributed by atoms with Crippen molar-refractivity contribution >= 4 is 23.4 Å². The van der Waals surface area contributed by atoms with Gasteiger partial charge >= 0.3 is 6.03 Å². The van der Waals surface area contributed by atoms with Crippen LogP contribution in [0.25, 0.3) is 0 Å². The molecule has 128 valence electrons. The first-order valence-corrected chi connectivity index (χ1v) is 7.83. The molecule has 7 nitrogen and oxygen atoms in total. The Bertz CT molecular complexity index is 698. The van der Waals surface area contributed by atoms with Crippen molar-refractivity contribution in [2.75, 3.05) is 23.7 Å². The molecule has 1 heterocycles. The number of hydrogen-bond acceptors (Lipinski definition) is 4. The van der Waals surface area contributed by atoms with Gasteiger partial charge in [0.05, 0.1) is 0 Å². The fourth-order valence-corrected chi connectivity index (χ4v) is 2.18. The summed E-state index contributed by atoms with van der Waals surface area (Å²) in [7, 11) is 0. The highest BCUT2D eigenvalue weighted by Crippen LogP contribution is 2.15. The molecule has 0 aliphatic rings. The van der Waals surface area contributed by atoms with Gasteiger partial charge in [-0.1, -0.05) is 18.1 Å². The first-order chi connectivity index (χ1) is 11.5. The summed E-state index contributed by atoms with van der Waals surface area (Å²) in [6.45, 7) is 6.37. The van der Waals surface area contributed by atoms with Gasteiger partial charge in [-0.2, -0.15) is 0 Å². The summed E-state index contributed by atoms with van der Waals surface area (Å²) in [6.07, 6.45) is 2.11. The Morgan fingerprint density at radius 2 is 1.96 bits per heavy atom. The monoisotopic (exact) mass is 330 g/mol. The number of nitrogens with zero attached hydrogens (tertiary/aromatic N) is 2. The highest BCUT2D eigenvalue weighted by atomic mass is 16.5. The Morgan fingerprint density at radius 3 is 2.58 bits per heavy atom. The smallest absolute Gasteiger partial charge is 0.322 e. The minimum atomic E-state index is -0.326. The third kappa shape index (κ3) is 4.84. The maximum absolute atomic E-state index is 12.4. The molecule has 7 heteroatoms. The molecule has 0 spiro atoms. The minimum Gasteiger partial charge on any atom is -0.363 e. The molecule has 0 fully saturated rings. The van der Waals surface area contributed by atoms with E-state index in [0.717, 1.165) is 17.5 Å². The van der Waals surface area contributed by atoms with Crippen LogP contribution in [0.5, 0.6) is 0 Å². The summed E-state index contributed by atoms with van der Waals surface area (Å²) < 4.78 is 4.66. The van der Waals surface area contributed by atoms with E-state index in [1.807, 2.05) is 39.0 Å². The molecule has 0 saturated heterocycles. The van der Waals surface area contributed by atoms with Gasteiger partial charge in [0.25, 0.3) is 0 Å². The second-order valence-electron chi connectivity index (χ2n) is 5.58. The van der Waals surface area contributed by atoms with Gasteiger partial charge in [0.15, 0.2) is 5.82 Å². The second kappa shape index (κ2) is 8.14. The third-order valence-electron chi connectivity index (χ3n) is 3.58. The van der Waals surface area contributed by atoms with Crippen molar-refractivity contribution in [2.45, 2.75) is 27.2 Å². The molecule has 1 aromatic carbocycles. The molecular weight excluding hydrogens is 308 g/mol. The van der Waals surface area contributed by atoms with Crippen molar-refractivity contribution in [3.8, 4) is 0 Å². The van der Waals surface area contributed by atoms with Crippen LogP contribution in [-0.2, 0) is 4.79 Å². The van der Waals surface area contributed by atoms with Crippen LogP contribution in [-0.4, -0.2) is 35.1 Å². The maximum Gasteiger partial charge on any atom is 0.322 e. The molecule has 1 aromatic heterocycles. The minimum absolute atomic E-state index is 0.0582. The largest absolute Gasteiger partial charge is 0.363 e. The average Bonchev–Trinajstić information content (AvgIpc) is 3.03. The molecule has 0 unspecified atom stereocenters. The predicted molar refractivity (Wildman–Crippen MR) is 91.9 cm³/mol. The number of benzene rings is 1. The number of rotatable bonds is 6. The van der Waals surface area contributed by atoms with Gasteiger partial charge in [0.2, 0.25) is 5.91 Å². The zero-order valence-electron chi connectivity index (χ0n) is 14.1. The number of nitrogens with one attached hydrogen (secondary N) is 2. The number of aryl methyl sites for hydroxylation is 2. The maximum atomic E-state index is 12.4. The fraction of sp³-hybridized carbons (Fsp3) is 0.353. The number of hydrogen-bond donors (Lipinski definition) is 2. The second-order valence-corrected chi connectivity index (χ2v) is 5.58. The van der Waals surface area contributed by atoms with Gasteiger partial charge in [-0.15, -0.1) is 0 Å². The summed E-state index contributed by atoms with van der Waals surface area (Å²) in [6, 6.07) is 6.94. The van der Waals surface area contributed by atoms with Crippen LogP contribution in [0.1, 0.15) is 24.5 Å². The number of urea groups is 1. The van der Waals surface area contributed by atoms with Crippen molar-refractivity contribution in [3.63, 3.8) is 0 Å². The lowest BCUT2D eigenvalue weighted by molar-refractivity contribution is -0.116. The zero-order chi connectivity index (χ0) is 17.5. The summed E-state index contributed by atoms with van der Waals surface area (Å²) in [5, 5.41) is 9.03. The van der Waals surface area contributed by atoms with Gasteiger partial charge in [0, 0.05) is 18.3 Å². The quantitative estimate of drug-likeness (QED) is 0.851. The number of carbonyl (C=O) groups is 2. The summed E-state index contributed by atoms with van der Waals surface area (Å²) in [5.74, 6) is -0.00129. The van der Waals surface area contributed by atoms with Crippen molar-refractivity contribution < 1.29 is 14.1 Å². The molecule has 2 aromatic rings. The fourth-order valence-electron chi connectivity index (χ4n) is 2.18. The molecule has 0 aliphatic carbocycles. The molecule has 0 atom stereocenters. The van der Waals surface area contributed by atoms with Crippen molar-refractivity contribution in [1.82, 2.24) is 10.1 Å². The van der Waals surface area contributed by atoms with Crippen LogP contribution in [0.15, 0.2) is 35.1 Å². The van der Waals surface area contributed by atoms with Crippen LogP contribution >= 0.6 is 0 Å². The molecule has 2 N–H and O–H groups in total. The Labute approximate surface area is 141 Å². The first-order valence-electron chi connectivity index (χ1n) is 7.83. The van der Waals surface area contributed by atoms with E-state index >= 15 is 0 Å². The number of amides is 3. The van der Waals surface area contributed by atoms with Crippen LogP contribution < -0.4 is 10.6 Å². The van der Waals surface area contributed by atoms with Crippen molar-refractivity contribution in [3.05, 3.63) is 41.7 Å². The third-order valence-corrected chi connectivity index (χ3v) is 3.58. The van der Waals surface area contributed by atoms with Crippen LogP contribution in [0.2, 0.25) is 0 Å². The Morgan fingerprint density at radius 1 is 1.17 bits per heavy atom. The van der Waals surface area contributed by atoms with E-state index in [9.17, 15) is 9.59 Å². The summed E-state index contributed by atoms with van der Waals surface area (Å²) in [4.78, 5) is 25.9. The van der Waals surface area contributed by atoms with E-state index in [2.05, 4.69) is 20.3 Å². The summed E-state index contributed by atoms with van der Waals surface area (Å²) >= 11 is 0. The topological polar surface area (TPSA) is 87.5 Å². The van der Waals surface area contributed by atoms with E-state index in [4.69, 9.17) is 0 Å². The Kier molecular flexibility index (Phi) is 5.95. The number of anilines is 2. The normalized spacial score (nSPS) is 10.3. The van der Waals surface area contributed by atoms with Crippen LogP contribution in [0.4, 0.5) is 16.3 Å². The highest BCUT2D eigenvalue weighted by Gasteiger charge is 2.17. The Hall–Kier alpha value is -2.83. The molecule has 0 radical (unpaired) electrons. The lowest BCUT2D eigenvalue weighted by Gasteiger charge is -2.22. The van der Waals surface area contributed by atoms with Crippen molar-refractivity contribution in [2.24, 2.45) is 0 Å². The Balaban J connectivity index is 1.98. The number of carbonyl (C=O) groups excluding carboxylic acids is 2. The molecular formula is C17H22N4O3. The predicted octanol–water partition coefficient (Wildman–Crippen LogP) is 3.17. The van der Waals surface area contributed by atoms with E-state index in [0.29, 0.717) is 18.1 Å². The van der Waals surface area contributed by atoms with Gasteiger partial charge in [-0.3, -0.25) is 4.79 Å². The van der Waals surface area contributed by atoms with Crippen LogP contribution in [0.3, 0.4) is 0 Å². The lowest BCUT2D eigenvalue weighted by atomic mass is 10.1. The zero-order valence-corrected chi connectivity index (χ0v) is 14.1. The molecule has 0 bridgehead atoms. The van der Waals surface area contributed by atoms with Gasteiger partial charge in [-0.05, 0) is 43.5 Å². The molecule has 0 saturated carbocycles. The standard InChI is InChI=1S/C17H22N4O3/c1-4-8-21(11-16(22)19-15-7-9-24-20-15)17(23)18-14-6-5-12(2)13(3)10-14/h5-7,9-10H,4,8,11H2,1-3H3,(H,18,23)(H,19,20,22). The lowest BCUT2D eigenvalue weighted by Crippen LogP contribution is -2.41. The molecule has 3 amide bonds. The van der Waals surface area contributed by atoms with E-state index in [1.165, 1.54) is 17.2 Å². The van der Waals surface area contributed by atoms with Gasteiger partial charge in [-0.25, -0.2) is 4.79 Å². The van der Waals surface area contributed by atoms with Gasteiger partial charge < -0.3 is 20.1 Å². The van der Waals surface area contributed by atoms with E-state index in [-0.39, 0.29) is 18.5 Å². The van der Waals surface area contributed by atoms with E-state index < -0.39 is 0 Å². The highest BCUT2D eigenvalue weighted by molar-refractivity contribution is 5.96. The molecule has 0 aliphatic heterocycles. The van der Waals surface area contributed by atoms with Gasteiger partial charge in [0.1, 0.15) is 12.8 Å². The number of aromatic nitrogens is 1. The first kappa shape index (κ1) is 17.5. The molecule has 24 heavy (non-hydrogen) atoms. The van der Waals surface area contributed by atoms with E-state index in [1.54, 1.807) is 0 Å². The van der Waals surface area contributed by atoms with Crippen molar-refractivity contribution in [1.29, 1.82) is 0 Å².